The van der Waals surface area contributed by atoms with Crippen LogP contribution >= 0.6 is 0 Å². The summed E-state index contributed by atoms with van der Waals surface area (Å²) < 4.78 is 11.2. The van der Waals surface area contributed by atoms with E-state index in [4.69, 9.17) is 26.0 Å². The highest BCUT2D eigenvalue weighted by atomic mass is 16.5. The summed E-state index contributed by atoms with van der Waals surface area (Å²) >= 11 is 0. The number of hydrogen-bond donors (Lipinski definition) is 3. The number of ether oxygens (including phenoxy) is 2. The minimum atomic E-state index is -0.485. The van der Waals surface area contributed by atoms with Crippen molar-refractivity contribution >= 4 is 22.8 Å². The maximum atomic E-state index is 11.1. The molecule has 8 heteroatoms. The van der Waals surface area contributed by atoms with Gasteiger partial charge >= 0.3 is 0 Å². The van der Waals surface area contributed by atoms with Crippen molar-refractivity contribution in [3.05, 3.63) is 53.6 Å². The molecule has 2 aromatic carbocycles. The maximum absolute atomic E-state index is 11.1. The van der Waals surface area contributed by atoms with Crippen LogP contribution in [-0.2, 0) is 6.61 Å². The van der Waals surface area contributed by atoms with Crippen molar-refractivity contribution in [1.29, 1.82) is 0 Å². The van der Waals surface area contributed by atoms with Gasteiger partial charge in [-0.15, -0.1) is 0 Å². The van der Waals surface area contributed by atoms with Crippen molar-refractivity contribution in [3.63, 3.8) is 0 Å². The van der Waals surface area contributed by atoms with Gasteiger partial charge in [-0.25, -0.2) is 4.98 Å². The van der Waals surface area contributed by atoms with Gasteiger partial charge in [0.25, 0.3) is 0 Å². The number of benzene rings is 2. The van der Waals surface area contributed by atoms with E-state index in [0.717, 1.165) is 5.56 Å². The smallest absolute Gasteiger partial charge is 0.248 e. The Morgan fingerprint density at radius 1 is 1.08 bits per heavy atom. The molecule has 1 aromatic heterocycles. The molecular weight excluding hydrogens is 336 g/mol. The maximum Gasteiger partial charge on any atom is 0.248 e. The van der Waals surface area contributed by atoms with Crippen LogP contribution < -0.4 is 20.9 Å². The van der Waals surface area contributed by atoms with Gasteiger partial charge in [-0.2, -0.15) is 4.98 Å². The molecule has 3 aromatic rings. The summed E-state index contributed by atoms with van der Waals surface area (Å²) in [4.78, 5) is 19.3. The lowest BCUT2D eigenvalue weighted by molar-refractivity contribution is 0.1000. The summed E-state index contributed by atoms with van der Waals surface area (Å²) in [5, 5.41) is 9.62. The van der Waals surface area contributed by atoms with Crippen molar-refractivity contribution in [2.75, 3.05) is 18.9 Å². The highest BCUT2D eigenvalue weighted by Crippen LogP contribution is 2.25. The number of aliphatic hydroxyl groups excluding tert-OH is 1. The Balaban J connectivity index is 1.79. The van der Waals surface area contributed by atoms with E-state index >= 15 is 0 Å². The first-order valence-electron chi connectivity index (χ1n) is 7.89. The number of carbonyl (C=O) groups is 1. The molecular formula is C18H18N4O4. The Bertz CT molecular complexity index is 928. The van der Waals surface area contributed by atoms with E-state index in [1.807, 2.05) is 12.1 Å². The quantitative estimate of drug-likeness (QED) is 0.581. The van der Waals surface area contributed by atoms with Gasteiger partial charge in [0.2, 0.25) is 17.7 Å². The lowest BCUT2D eigenvalue weighted by atomic mass is 10.1. The zero-order valence-corrected chi connectivity index (χ0v) is 13.9. The average molecular weight is 354 g/mol. The predicted molar refractivity (Wildman–Crippen MR) is 95.8 cm³/mol. The second kappa shape index (κ2) is 7.66. The number of carbonyl (C=O) groups excluding carboxylic acids is 1. The van der Waals surface area contributed by atoms with Crippen molar-refractivity contribution in [2.45, 2.75) is 6.61 Å². The van der Waals surface area contributed by atoms with E-state index < -0.39 is 5.91 Å². The fourth-order valence-electron chi connectivity index (χ4n) is 2.39. The Hall–Kier alpha value is -3.39. The molecule has 0 spiro atoms. The average Bonchev–Trinajstić information content (AvgIpc) is 2.64. The lowest BCUT2D eigenvalue weighted by Crippen LogP contribution is -2.10. The second-order valence-electron chi connectivity index (χ2n) is 5.49. The van der Waals surface area contributed by atoms with Gasteiger partial charge in [0.1, 0.15) is 19.0 Å². The molecule has 3 rings (SSSR count). The van der Waals surface area contributed by atoms with Gasteiger partial charge in [-0.3, -0.25) is 4.79 Å². The molecule has 5 N–H and O–H groups in total. The molecule has 0 saturated heterocycles. The van der Waals surface area contributed by atoms with Gasteiger partial charge in [0.15, 0.2) is 0 Å². The van der Waals surface area contributed by atoms with Gasteiger partial charge in [-0.05, 0) is 42.0 Å². The number of amides is 1. The molecule has 134 valence electrons. The number of primary amides is 1. The Morgan fingerprint density at radius 2 is 1.85 bits per heavy atom. The number of fused-ring (bicyclic) bond motifs is 1. The third kappa shape index (κ3) is 3.98. The standard InChI is InChI=1S/C18H18N4O4/c19-16(24)12-2-4-13(5-3-12)26-10-11-1-6-15-14(9-11)17(25-8-7-23)22-18(20)21-15/h1-6,9,23H,7-8,10H2,(H2,19,24)(H2,20,21,22). The van der Waals surface area contributed by atoms with Crippen LogP contribution in [0.25, 0.3) is 10.9 Å². The van der Waals surface area contributed by atoms with Gasteiger partial charge in [0, 0.05) is 5.56 Å². The highest BCUT2D eigenvalue weighted by Gasteiger charge is 2.09. The topological polar surface area (TPSA) is 134 Å². The fraction of sp³-hybridized carbons (Fsp3) is 0.167. The molecule has 1 heterocycles. The molecule has 0 saturated carbocycles. The Labute approximate surface area is 149 Å². The van der Waals surface area contributed by atoms with Crippen LogP contribution in [0.3, 0.4) is 0 Å². The molecule has 26 heavy (non-hydrogen) atoms. The monoisotopic (exact) mass is 354 g/mol. The Morgan fingerprint density at radius 3 is 2.54 bits per heavy atom. The van der Waals surface area contributed by atoms with E-state index in [9.17, 15) is 4.79 Å². The molecule has 0 bridgehead atoms. The van der Waals surface area contributed by atoms with Crippen LogP contribution in [0.1, 0.15) is 15.9 Å². The van der Waals surface area contributed by atoms with E-state index in [2.05, 4.69) is 9.97 Å². The zero-order chi connectivity index (χ0) is 18.5. The minimum Gasteiger partial charge on any atom is -0.489 e. The largest absolute Gasteiger partial charge is 0.489 e. The van der Waals surface area contributed by atoms with Crippen LogP contribution in [0.2, 0.25) is 0 Å². The van der Waals surface area contributed by atoms with Gasteiger partial charge < -0.3 is 26.0 Å². The van der Waals surface area contributed by atoms with E-state index in [0.29, 0.717) is 34.7 Å². The molecule has 0 radical (unpaired) electrons. The summed E-state index contributed by atoms with van der Waals surface area (Å²) in [5.74, 6) is 0.541. The van der Waals surface area contributed by atoms with Crippen LogP contribution in [0.4, 0.5) is 5.95 Å². The molecule has 0 aliphatic carbocycles. The first-order chi connectivity index (χ1) is 12.6. The van der Waals surface area contributed by atoms with Crippen LogP contribution in [-0.4, -0.2) is 34.2 Å². The number of hydrogen-bond acceptors (Lipinski definition) is 7. The van der Waals surface area contributed by atoms with Crippen molar-refractivity contribution in [3.8, 4) is 11.6 Å². The van der Waals surface area contributed by atoms with E-state index in [1.54, 1.807) is 30.3 Å². The summed E-state index contributed by atoms with van der Waals surface area (Å²) in [6, 6.07) is 12.1. The fourth-order valence-corrected chi connectivity index (χ4v) is 2.39. The zero-order valence-electron chi connectivity index (χ0n) is 13.9. The summed E-state index contributed by atoms with van der Waals surface area (Å²) in [6.07, 6.45) is 0. The molecule has 0 fully saturated rings. The van der Waals surface area contributed by atoms with Gasteiger partial charge in [0.05, 0.1) is 17.5 Å². The second-order valence-corrected chi connectivity index (χ2v) is 5.49. The predicted octanol–water partition coefficient (Wildman–Crippen LogP) is 1.26. The minimum absolute atomic E-state index is 0.101. The highest BCUT2D eigenvalue weighted by molar-refractivity contribution is 5.92. The number of nitrogens with two attached hydrogens (primary N) is 2. The van der Waals surface area contributed by atoms with Crippen LogP contribution in [0, 0.1) is 0 Å². The number of rotatable bonds is 7. The SMILES string of the molecule is NC(=O)c1ccc(OCc2ccc3nc(N)nc(OCCO)c3c2)cc1. The normalized spacial score (nSPS) is 10.7. The van der Waals surface area contributed by atoms with Gasteiger partial charge in [-0.1, -0.05) is 6.07 Å². The number of anilines is 1. The van der Waals surface area contributed by atoms with E-state index in [-0.39, 0.29) is 19.2 Å². The summed E-state index contributed by atoms with van der Waals surface area (Å²) in [6.45, 7) is 0.281. The third-order valence-electron chi connectivity index (χ3n) is 3.62. The third-order valence-corrected chi connectivity index (χ3v) is 3.62. The number of aliphatic hydroxyl groups is 1. The summed E-state index contributed by atoms with van der Waals surface area (Å²) in [7, 11) is 0. The molecule has 1 amide bonds. The van der Waals surface area contributed by atoms with Crippen molar-refractivity contribution in [2.24, 2.45) is 5.73 Å². The number of nitrogen functional groups attached to an aromatic ring is 1. The molecule has 0 aliphatic heterocycles. The van der Waals surface area contributed by atoms with Crippen LogP contribution in [0.5, 0.6) is 11.6 Å². The van der Waals surface area contributed by atoms with E-state index in [1.165, 1.54) is 0 Å². The number of aromatic nitrogens is 2. The lowest BCUT2D eigenvalue weighted by Gasteiger charge is -2.10. The Kier molecular flexibility index (Phi) is 5.14. The molecule has 8 nitrogen and oxygen atoms in total. The van der Waals surface area contributed by atoms with Crippen LogP contribution in [0.15, 0.2) is 42.5 Å². The number of nitrogens with zero attached hydrogens (tertiary/aromatic N) is 2. The molecule has 0 atom stereocenters. The first-order valence-corrected chi connectivity index (χ1v) is 7.89. The first kappa shape index (κ1) is 17.4. The van der Waals surface area contributed by atoms with Crippen molar-refractivity contribution < 1.29 is 19.4 Å². The molecule has 0 unspecified atom stereocenters. The molecule has 0 aliphatic rings. The summed E-state index contributed by atoms with van der Waals surface area (Å²) in [5.41, 5.74) is 12.8. The van der Waals surface area contributed by atoms with Crippen molar-refractivity contribution in [1.82, 2.24) is 9.97 Å².